The van der Waals surface area contributed by atoms with Gasteiger partial charge in [-0.25, -0.2) is 8.42 Å². The average molecular weight is 361 g/mol. The molecule has 0 bridgehead atoms. The van der Waals surface area contributed by atoms with Gasteiger partial charge >= 0.3 is 5.97 Å². The molecule has 7 heteroatoms. The maximum Gasteiger partial charge on any atom is 0.318 e. The van der Waals surface area contributed by atoms with Gasteiger partial charge in [0.1, 0.15) is 5.75 Å². The number of aliphatic carboxylic acids is 1. The lowest BCUT2D eigenvalue weighted by atomic mass is 9.79. The molecule has 0 atom stereocenters. The number of carboxylic acids is 1. The number of nitrogens with zero attached hydrogens (tertiary/aromatic N) is 2. The fraction of sp³-hybridized carbons (Fsp3) is 0.941. The number of carboxylic acid groups (broad SMARTS) is 1. The summed E-state index contributed by atoms with van der Waals surface area (Å²) in [4.78, 5) is 15.3. The van der Waals surface area contributed by atoms with Crippen molar-refractivity contribution < 1.29 is 18.3 Å². The normalized spacial score (nSPS) is 27.5. The molecule has 140 valence electrons. The number of hydrogen-bond donors (Lipinski definition) is 1. The lowest BCUT2D eigenvalue weighted by Gasteiger charge is -2.42. The molecule has 1 saturated heterocycles. The van der Waals surface area contributed by atoms with Crippen molar-refractivity contribution in [3.63, 3.8) is 0 Å². The monoisotopic (exact) mass is 360 g/mol. The Kier molecular flexibility index (Phi) is 7.07. The molecule has 1 aliphatic heterocycles. The highest BCUT2D eigenvalue weighted by atomic mass is 32.2. The molecule has 2 rings (SSSR count). The molecule has 0 aromatic heterocycles. The van der Waals surface area contributed by atoms with Gasteiger partial charge in [0.05, 0.1) is 5.75 Å². The van der Waals surface area contributed by atoms with Gasteiger partial charge in [-0.05, 0) is 37.5 Å². The van der Waals surface area contributed by atoms with Gasteiger partial charge in [0.2, 0.25) is 0 Å². The number of carbonyl (C=O) groups is 1. The first-order chi connectivity index (χ1) is 11.3. The van der Waals surface area contributed by atoms with E-state index in [0.29, 0.717) is 12.6 Å². The fourth-order valence-electron chi connectivity index (χ4n) is 4.01. The molecule has 1 N–H and O–H groups in total. The topological polar surface area (TPSA) is 77.9 Å². The highest BCUT2D eigenvalue weighted by Crippen LogP contribution is 2.32. The Morgan fingerprint density at radius 1 is 1.08 bits per heavy atom. The number of rotatable bonds is 7. The van der Waals surface area contributed by atoms with Crippen LogP contribution in [0.5, 0.6) is 0 Å². The van der Waals surface area contributed by atoms with Crippen LogP contribution in [0, 0.1) is 11.8 Å². The highest BCUT2D eigenvalue weighted by Gasteiger charge is 2.29. The molecule has 0 aromatic carbocycles. The van der Waals surface area contributed by atoms with Gasteiger partial charge in [-0.1, -0.05) is 13.8 Å². The molecular weight excluding hydrogens is 328 g/mol. The largest absolute Gasteiger partial charge is 0.480 e. The predicted molar refractivity (Wildman–Crippen MR) is 94.9 cm³/mol. The smallest absolute Gasteiger partial charge is 0.318 e. The van der Waals surface area contributed by atoms with Crippen molar-refractivity contribution in [2.24, 2.45) is 11.8 Å². The van der Waals surface area contributed by atoms with Crippen molar-refractivity contribution in [2.45, 2.75) is 45.6 Å². The van der Waals surface area contributed by atoms with Crippen LogP contribution in [0.1, 0.15) is 39.5 Å². The maximum absolute atomic E-state index is 11.7. The van der Waals surface area contributed by atoms with Crippen LogP contribution in [0.3, 0.4) is 0 Å². The van der Waals surface area contributed by atoms with Crippen LogP contribution >= 0.6 is 0 Å². The first-order valence-corrected chi connectivity index (χ1v) is 11.0. The average Bonchev–Trinajstić information content (AvgIpc) is 2.52. The summed E-state index contributed by atoms with van der Waals surface area (Å²) < 4.78 is 23.3. The van der Waals surface area contributed by atoms with E-state index in [4.69, 9.17) is 5.11 Å². The molecule has 0 aromatic rings. The van der Waals surface area contributed by atoms with Gasteiger partial charge < -0.3 is 5.11 Å². The second kappa shape index (κ2) is 8.63. The molecule has 1 saturated carbocycles. The summed E-state index contributed by atoms with van der Waals surface area (Å²) in [5, 5.41) is 8.62. The van der Waals surface area contributed by atoms with Crippen LogP contribution in [0.4, 0.5) is 0 Å². The van der Waals surface area contributed by atoms with Gasteiger partial charge in [-0.2, -0.15) is 0 Å². The van der Waals surface area contributed by atoms with E-state index in [0.717, 1.165) is 38.0 Å². The van der Waals surface area contributed by atoms with Gasteiger partial charge in [0, 0.05) is 38.8 Å². The summed E-state index contributed by atoms with van der Waals surface area (Å²) in [7, 11) is -3.48. The minimum Gasteiger partial charge on any atom is -0.480 e. The van der Waals surface area contributed by atoms with E-state index in [9.17, 15) is 13.2 Å². The SMILES string of the molecule is CC(C)C1CCC(N2CCN(CCS(=O)(=O)CC(=O)O)CC2)CC1. The third kappa shape index (κ3) is 6.01. The lowest BCUT2D eigenvalue weighted by Crippen LogP contribution is -2.52. The second-order valence-electron chi connectivity index (χ2n) is 7.68. The molecule has 0 unspecified atom stereocenters. The third-order valence-electron chi connectivity index (χ3n) is 5.67. The lowest BCUT2D eigenvalue weighted by molar-refractivity contribution is -0.134. The van der Waals surface area contributed by atoms with Crippen molar-refractivity contribution in [2.75, 3.05) is 44.2 Å². The zero-order valence-electron chi connectivity index (χ0n) is 15.0. The van der Waals surface area contributed by atoms with E-state index in [1.165, 1.54) is 25.7 Å². The van der Waals surface area contributed by atoms with Crippen molar-refractivity contribution in [1.82, 2.24) is 9.80 Å². The third-order valence-corrected chi connectivity index (χ3v) is 7.16. The molecule has 1 heterocycles. The van der Waals surface area contributed by atoms with Gasteiger partial charge in [-0.15, -0.1) is 0 Å². The molecule has 0 radical (unpaired) electrons. The van der Waals surface area contributed by atoms with Crippen molar-refractivity contribution in [3.05, 3.63) is 0 Å². The predicted octanol–water partition coefficient (Wildman–Crippen LogP) is 1.32. The van der Waals surface area contributed by atoms with Gasteiger partial charge in [-0.3, -0.25) is 14.6 Å². The second-order valence-corrected chi connectivity index (χ2v) is 9.86. The molecule has 2 aliphatic rings. The van der Waals surface area contributed by atoms with Crippen LogP contribution in [0.15, 0.2) is 0 Å². The molecule has 24 heavy (non-hydrogen) atoms. The highest BCUT2D eigenvalue weighted by molar-refractivity contribution is 7.92. The Labute approximate surface area is 146 Å². The van der Waals surface area contributed by atoms with E-state index < -0.39 is 21.6 Å². The summed E-state index contributed by atoms with van der Waals surface area (Å²) >= 11 is 0. The van der Waals surface area contributed by atoms with E-state index in [1.807, 2.05) is 0 Å². The molecule has 2 fully saturated rings. The summed E-state index contributed by atoms with van der Waals surface area (Å²) in [6, 6.07) is 0.692. The first kappa shape index (κ1) is 19.7. The number of piperazine rings is 1. The van der Waals surface area contributed by atoms with Gasteiger partial charge in [0.15, 0.2) is 9.84 Å². The van der Waals surface area contributed by atoms with Crippen LogP contribution in [-0.2, 0) is 14.6 Å². The van der Waals surface area contributed by atoms with Crippen molar-refractivity contribution in [3.8, 4) is 0 Å². The summed E-state index contributed by atoms with van der Waals surface area (Å²) in [6.07, 6.45) is 5.23. The summed E-state index contributed by atoms with van der Waals surface area (Å²) in [6.45, 7) is 8.85. The van der Waals surface area contributed by atoms with E-state index in [2.05, 4.69) is 23.6 Å². The molecule has 0 amide bonds. The van der Waals surface area contributed by atoms with Crippen molar-refractivity contribution in [1.29, 1.82) is 0 Å². The van der Waals surface area contributed by atoms with Gasteiger partial charge in [0.25, 0.3) is 0 Å². The Morgan fingerprint density at radius 2 is 1.67 bits per heavy atom. The zero-order chi connectivity index (χ0) is 17.7. The minimum absolute atomic E-state index is 0.0567. The van der Waals surface area contributed by atoms with Crippen molar-refractivity contribution >= 4 is 15.8 Å². The van der Waals surface area contributed by atoms with Crippen LogP contribution in [-0.4, -0.2) is 79.6 Å². The quantitative estimate of drug-likeness (QED) is 0.738. The summed E-state index contributed by atoms with van der Waals surface area (Å²) in [5.41, 5.74) is 0. The summed E-state index contributed by atoms with van der Waals surface area (Å²) in [5.74, 6) is -0.417. The van der Waals surface area contributed by atoms with Crippen LogP contribution < -0.4 is 0 Å². The van der Waals surface area contributed by atoms with Crippen LogP contribution in [0.2, 0.25) is 0 Å². The van der Waals surface area contributed by atoms with E-state index >= 15 is 0 Å². The number of sulfone groups is 1. The number of hydrogen-bond acceptors (Lipinski definition) is 5. The Morgan fingerprint density at radius 3 is 2.17 bits per heavy atom. The molecular formula is C17H32N2O4S. The zero-order valence-corrected chi connectivity index (χ0v) is 15.8. The molecule has 0 spiro atoms. The fourth-order valence-corrected chi connectivity index (χ4v) is 5.07. The van der Waals surface area contributed by atoms with E-state index in [1.54, 1.807) is 0 Å². The van der Waals surface area contributed by atoms with E-state index in [-0.39, 0.29) is 5.75 Å². The Bertz CT molecular complexity index is 505. The molecule has 1 aliphatic carbocycles. The Hall–Kier alpha value is -0.660. The Balaban J connectivity index is 1.69. The van der Waals surface area contributed by atoms with Crippen LogP contribution in [0.25, 0.3) is 0 Å². The first-order valence-electron chi connectivity index (χ1n) is 9.15. The minimum atomic E-state index is -3.48. The molecule has 6 nitrogen and oxygen atoms in total. The maximum atomic E-state index is 11.7. The standard InChI is InChI=1S/C17H32N2O4S/c1-14(2)15-3-5-16(6-4-15)19-9-7-18(8-10-19)11-12-24(22,23)13-17(20)21/h14-16H,3-13H2,1-2H3,(H,20,21).